The maximum atomic E-state index is 13.7. The lowest BCUT2D eigenvalue weighted by molar-refractivity contribution is -0.139. The van der Waals surface area contributed by atoms with Crippen LogP contribution in [0.1, 0.15) is 33.0 Å². The van der Waals surface area contributed by atoms with Gasteiger partial charge in [0, 0.05) is 18.3 Å². The summed E-state index contributed by atoms with van der Waals surface area (Å²) in [7, 11) is 1.68. The third-order valence-corrected chi connectivity index (χ3v) is 5.85. The van der Waals surface area contributed by atoms with Crippen LogP contribution in [0.5, 0.6) is 0 Å². The van der Waals surface area contributed by atoms with Crippen LogP contribution in [-0.2, 0) is 6.54 Å². The summed E-state index contributed by atoms with van der Waals surface area (Å²) in [6, 6.07) is 9.79. The molecular formula is C24H17BCl3F4N2O. The first-order chi connectivity index (χ1) is 16.5. The number of nitrogens with zero attached hydrogens (tertiary/aromatic N) is 1. The van der Waals surface area contributed by atoms with Crippen molar-refractivity contribution in [1.82, 2.24) is 10.3 Å². The zero-order valence-electron chi connectivity index (χ0n) is 18.1. The summed E-state index contributed by atoms with van der Waals surface area (Å²) < 4.78 is 54.9. The Morgan fingerprint density at radius 2 is 1.80 bits per heavy atom. The Morgan fingerprint density at radius 3 is 2.37 bits per heavy atom. The predicted molar refractivity (Wildman–Crippen MR) is 132 cm³/mol. The average molecular weight is 543 g/mol. The minimum atomic E-state index is -4.67. The number of pyridine rings is 1. The molecule has 0 saturated carbocycles. The molecule has 0 aliphatic heterocycles. The number of alkyl halides is 3. The van der Waals surface area contributed by atoms with Crippen LogP contribution >= 0.6 is 34.8 Å². The molecule has 1 heterocycles. The van der Waals surface area contributed by atoms with Gasteiger partial charge in [0.15, 0.2) is 5.82 Å². The van der Waals surface area contributed by atoms with E-state index in [4.69, 9.17) is 34.8 Å². The quantitative estimate of drug-likeness (QED) is 0.154. The fraction of sp³-hybridized carbons (Fsp3) is 0.167. The minimum absolute atomic E-state index is 0.226. The highest BCUT2D eigenvalue weighted by Crippen LogP contribution is 2.39. The maximum absolute atomic E-state index is 13.7. The lowest BCUT2D eigenvalue weighted by atomic mass is 9.70. The SMILES string of the molecule is C[B]c1cc(/C=C/C(c2cc(Cl)c(F)c(Cl)c2)C(F)(F)F)ccc1C(=O)NCc1ccc(Cl)nc1. The maximum Gasteiger partial charge on any atom is 0.399 e. The van der Waals surface area contributed by atoms with E-state index in [1.165, 1.54) is 18.2 Å². The van der Waals surface area contributed by atoms with Gasteiger partial charge in [0.05, 0.1) is 16.0 Å². The van der Waals surface area contributed by atoms with E-state index in [0.717, 1.165) is 23.8 Å². The first-order valence-corrected chi connectivity index (χ1v) is 11.3. The molecule has 0 bridgehead atoms. The molecule has 1 amide bonds. The van der Waals surface area contributed by atoms with Crippen LogP contribution < -0.4 is 10.8 Å². The van der Waals surface area contributed by atoms with E-state index < -0.39 is 28.0 Å². The largest absolute Gasteiger partial charge is 0.399 e. The Balaban J connectivity index is 1.82. The summed E-state index contributed by atoms with van der Waals surface area (Å²) in [5.74, 6) is -3.40. The molecule has 3 nitrogen and oxygen atoms in total. The zero-order valence-corrected chi connectivity index (χ0v) is 20.4. The van der Waals surface area contributed by atoms with Crippen molar-refractivity contribution in [2.45, 2.75) is 25.5 Å². The molecule has 2 aromatic carbocycles. The molecule has 1 N–H and O–H groups in total. The van der Waals surface area contributed by atoms with Crippen molar-refractivity contribution in [2.75, 3.05) is 0 Å². The van der Waals surface area contributed by atoms with Crippen LogP contribution in [0.2, 0.25) is 22.0 Å². The monoisotopic (exact) mass is 541 g/mol. The number of rotatable bonds is 7. The highest BCUT2D eigenvalue weighted by molar-refractivity contribution is 6.54. The average Bonchev–Trinajstić information content (AvgIpc) is 2.81. The van der Waals surface area contributed by atoms with E-state index in [1.54, 1.807) is 38.5 Å². The van der Waals surface area contributed by atoms with Crippen molar-refractivity contribution in [1.29, 1.82) is 0 Å². The van der Waals surface area contributed by atoms with Crippen LogP contribution in [-0.4, -0.2) is 24.3 Å². The van der Waals surface area contributed by atoms with Crippen molar-refractivity contribution >= 4 is 59.5 Å². The highest BCUT2D eigenvalue weighted by atomic mass is 35.5. The number of hydrogen-bond donors (Lipinski definition) is 1. The lowest BCUT2D eigenvalue weighted by Gasteiger charge is -2.18. The van der Waals surface area contributed by atoms with E-state index in [-0.39, 0.29) is 18.0 Å². The molecule has 11 heteroatoms. The Kier molecular flexibility index (Phi) is 8.86. The van der Waals surface area contributed by atoms with Crippen molar-refractivity contribution < 1.29 is 22.4 Å². The summed E-state index contributed by atoms with van der Waals surface area (Å²) in [4.78, 5) is 16.6. The number of aromatic nitrogens is 1. The predicted octanol–water partition coefficient (Wildman–Crippen LogP) is 6.85. The summed E-state index contributed by atoms with van der Waals surface area (Å²) >= 11 is 17.1. The third kappa shape index (κ3) is 7.00. The fourth-order valence-corrected chi connectivity index (χ4v) is 3.91. The van der Waals surface area contributed by atoms with Crippen molar-refractivity contribution in [3.8, 4) is 0 Å². The number of carbonyl (C=O) groups is 1. The normalized spacial score (nSPS) is 12.6. The molecule has 3 rings (SSSR count). The van der Waals surface area contributed by atoms with Gasteiger partial charge in [-0.3, -0.25) is 4.79 Å². The molecule has 0 spiro atoms. The molecule has 0 saturated heterocycles. The third-order valence-electron chi connectivity index (χ3n) is 5.07. The van der Waals surface area contributed by atoms with Crippen LogP contribution in [0.25, 0.3) is 6.08 Å². The van der Waals surface area contributed by atoms with Gasteiger partial charge >= 0.3 is 6.18 Å². The summed E-state index contributed by atoms with van der Waals surface area (Å²) in [6.45, 7) is 1.94. The van der Waals surface area contributed by atoms with E-state index in [9.17, 15) is 22.4 Å². The molecule has 0 aliphatic rings. The molecule has 1 atom stereocenters. The lowest BCUT2D eigenvalue weighted by Crippen LogP contribution is -2.30. The number of benzene rings is 2. The van der Waals surface area contributed by atoms with Gasteiger partial charge in [-0.15, -0.1) is 0 Å². The van der Waals surface area contributed by atoms with Crippen LogP contribution in [0.15, 0.2) is 54.7 Å². The molecule has 0 aliphatic carbocycles. The van der Waals surface area contributed by atoms with Crippen molar-refractivity contribution in [3.63, 3.8) is 0 Å². The van der Waals surface area contributed by atoms with E-state index in [1.807, 2.05) is 0 Å². The van der Waals surface area contributed by atoms with Gasteiger partial charge in [-0.05, 0) is 41.0 Å². The van der Waals surface area contributed by atoms with Gasteiger partial charge in [-0.25, -0.2) is 9.37 Å². The van der Waals surface area contributed by atoms with Gasteiger partial charge in [0.25, 0.3) is 5.91 Å². The summed E-state index contributed by atoms with van der Waals surface area (Å²) in [5.41, 5.74) is 1.79. The summed E-state index contributed by atoms with van der Waals surface area (Å²) in [5, 5.41) is 2.11. The number of carbonyl (C=O) groups excluding carboxylic acids is 1. The van der Waals surface area contributed by atoms with Gasteiger partial charge < -0.3 is 5.32 Å². The van der Waals surface area contributed by atoms with Gasteiger partial charge in [0.2, 0.25) is 0 Å². The van der Waals surface area contributed by atoms with Crippen LogP contribution in [0.4, 0.5) is 17.6 Å². The van der Waals surface area contributed by atoms with Crippen molar-refractivity contribution in [2.24, 2.45) is 0 Å². The Labute approximate surface area is 215 Å². The van der Waals surface area contributed by atoms with Crippen LogP contribution in [0, 0.1) is 5.82 Å². The number of halogens is 7. The smallest absolute Gasteiger partial charge is 0.348 e. The molecular weight excluding hydrogens is 525 g/mol. The second-order valence-corrected chi connectivity index (χ2v) is 8.69. The number of amides is 1. The second kappa shape index (κ2) is 11.5. The molecule has 181 valence electrons. The Bertz CT molecular complexity index is 1230. The number of nitrogens with one attached hydrogen (secondary N) is 1. The number of hydrogen-bond acceptors (Lipinski definition) is 2. The van der Waals surface area contributed by atoms with Gasteiger partial charge in [-0.1, -0.05) is 77.4 Å². The first kappa shape index (κ1) is 27.0. The number of allylic oxidation sites excluding steroid dienone is 1. The highest BCUT2D eigenvalue weighted by Gasteiger charge is 2.39. The Morgan fingerprint density at radius 1 is 1.11 bits per heavy atom. The molecule has 1 unspecified atom stereocenters. The fourth-order valence-electron chi connectivity index (χ4n) is 3.29. The second-order valence-electron chi connectivity index (χ2n) is 7.48. The zero-order chi connectivity index (χ0) is 25.8. The Hall–Kier alpha value is -2.55. The van der Waals surface area contributed by atoms with Gasteiger partial charge in [-0.2, -0.15) is 13.2 Å². The molecule has 35 heavy (non-hydrogen) atoms. The van der Waals surface area contributed by atoms with E-state index in [2.05, 4.69) is 10.3 Å². The topological polar surface area (TPSA) is 42.0 Å². The molecule has 1 radical (unpaired) electrons. The first-order valence-electron chi connectivity index (χ1n) is 10.2. The molecule has 3 aromatic rings. The van der Waals surface area contributed by atoms with Crippen molar-refractivity contribution in [3.05, 3.63) is 98.0 Å². The summed E-state index contributed by atoms with van der Waals surface area (Å²) in [6.07, 6.45) is -0.918. The molecule has 1 aromatic heterocycles. The van der Waals surface area contributed by atoms with Crippen LogP contribution in [0.3, 0.4) is 0 Å². The standard InChI is InChI=1S/C24H17BCl3F4N2O/c1-25-18-8-13(2-5-16(18)23(35)34-12-14-4-7-21(28)33-11-14)3-6-17(24(30,31)32)15-9-19(26)22(29)20(27)10-15/h2-11,17H,12H2,1H3,(H,34,35)/b6-3+. The van der Waals surface area contributed by atoms with E-state index >= 15 is 0 Å². The van der Waals surface area contributed by atoms with Gasteiger partial charge in [0.1, 0.15) is 12.4 Å². The van der Waals surface area contributed by atoms with E-state index in [0.29, 0.717) is 21.7 Å². The minimum Gasteiger partial charge on any atom is -0.348 e. The molecule has 0 fully saturated rings.